The van der Waals surface area contributed by atoms with Crippen molar-refractivity contribution in [1.82, 2.24) is 4.98 Å². The van der Waals surface area contributed by atoms with Gasteiger partial charge in [-0.05, 0) is 30.3 Å². The summed E-state index contributed by atoms with van der Waals surface area (Å²) < 4.78 is 44.1. The summed E-state index contributed by atoms with van der Waals surface area (Å²) in [6.45, 7) is 0.830. The van der Waals surface area contributed by atoms with Crippen LogP contribution in [0.2, 0.25) is 0 Å². The second-order valence-electron chi connectivity index (χ2n) is 5.71. The summed E-state index contributed by atoms with van der Waals surface area (Å²) in [5, 5.41) is 0. The molecule has 1 aliphatic rings. The van der Waals surface area contributed by atoms with Crippen molar-refractivity contribution < 1.29 is 22.6 Å². The molecule has 0 spiro atoms. The standard InChI is InChI=1S/C19H16N2O5S/c22-27(23,16-7-8-17-18(12-16)25-11-10-24-17)21-14-6-9-19(20-13-14)26-15-4-2-1-3-5-15/h1-9,12-13,21H,10-11H2. The molecular formula is C19H16N2O5S. The van der Waals surface area contributed by atoms with Crippen molar-refractivity contribution in [1.29, 1.82) is 0 Å². The number of ether oxygens (including phenoxy) is 3. The Balaban J connectivity index is 1.49. The van der Waals surface area contributed by atoms with Crippen molar-refractivity contribution >= 4 is 15.7 Å². The molecule has 1 N–H and O–H groups in total. The maximum Gasteiger partial charge on any atom is 0.262 e. The van der Waals surface area contributed by atoms with E-state index in [1.807, 2.05) is 18.2 Å². The van der Waals surface area contributed by atoms with Crippen molar-refractivity contribution in [3.05, 3.63) is 66.9 Å². The summed E-state index contributed by atoms with van der Waals surface area (Å²) >= 11 is 0. The van der Waals surface area contributed by atoms with Crippen molar-refractivity contribution in [2.24, 2.45) is 0 Å². The number of hydrogen-bond acceptors (Lipinski definition) is 6. The van der Waals surface area contributed by atoms with Gasteiger partial charge in [-0.1, -0.05) is 18.2 Å². The molecule has 1 aromatic heterocycles. The monoisotopic (exact) mass is 384 g/mol. The maximum atomic E-state index is 12.6. The Morgan fingerprint density at radius 2 is 1.70 bits per heavy atom. The van der Waals surface area contributed by atoms with Crippen molar-refractivity contribution in [3.63, 3.8) is 0 Å². The smallest absolute Gasteiger partial charge is 0.262 e. The number of anilines is 1. The highest BCUT2D eigenvalue weighted by molar-refractivity contribution is 7.92. The molecule has 0 unspecified atom stereocenters. The third kappa shape index (κ3) is 3.95. The van der Waals surface area contributed by atoms with E-state index in [9.17, 15) is 8.42 Å². The quantitative estimate of drug-likeness (QED) is 0.725. The number of nitrogens with one attached hydrogen (secondary N) is 1. The van der Waals surface area contributed by atoms with Gasteiger partial charge in [0.15, 0.2) is 11.5 Å². The lowest BCUT2D eigenvalue weighted by atomic mass is 10.3. The molecule has 0 saturated carbocycles. The summed E-state index contributed by atoms with van der Waals surface area (Å²) in [5.74, 6) is 1.95. The molecule has 0 bridgehead atoms. The van der Waals surface area contributed by atoms with Gasteiger partial charge in [0.2, 0.25) is 5.88 Å². The Morgan fingerprint density at radius 3 is 2.44 bits per heavy atom. The molecule has 3 aromatic rings. The normalized spacial score (nSPS) is 13.0. The predicted molar refractivity (Wildman–Crippen MR) is 99.0 cm³/mol. The summed E-state index contributed by atoms with van der Waals surface area (Å²) in [4.78, 5) is 4.21. The van der Waals surface area contributed by atoms with Crippen LogP contribution < -0.4 is 18.9 Å². The number of nitrogens with zero attached hydrogens (tertiary/aromatic N) is 1. The molecule has 2 heterocycles. The molecule has 1 aliphatic heterocycles. The van der Waals surface area contributed by atoms with E-state index in [2.05, 4.69) is 9.71 Å². The average Bonchev–Trinajstić information content (AvgIpc) is 2.70. The number of pyridine rings is 1. The van der Waals surface area contributed by atoms with Crippen LogP contribution in [0.25, 0.3) is 0 Å². The van der Waals surface area contributed by atoms with Gasteiger partial charge in [0.05, 0.1) is 16.8 Å². The Morgan fingerprint density at radius 1 is 0.926 bits per heavy atom. The highest BCUT2D eigenvalue weighted by atomic mass is 32.2. The van der Waals surface area contributed by atoms with Gasteiger partial charge in [-0.2, -0.15) is 0 Å². The van der Waals surface area contributed by atoms with E-state index < -0.39 is 10.0 Å². The largest absolute Gasteiger partial charge is 0.486 e. The van der Waals surface area contributed by atoms with Crippen LogP contribution in [0.1, 0.15) is 0 Å². The highest BCUT2D eigenvalue weighted by Crippen LogP contribution is 2.32. The second-order valence-corrected chi connectivity index (χ2v) is 7.39. The fourth-order valence-electron chi connectivity index (χ4n) is 2.52. The number of para-hydroxylation sites is 1. The van der Waals surface area contributed by atoms with E-state index in [0.717, 1.165) is 0 Å². The minimum absolute atomic E-state index is 0.0800. The van der Waals surface area contributed by atoms with Gasteiger partial charge < -0.3 is 14.2 Å². The SMILES string of the molecule is O=S(=O)(Nc1ccc(Oc2ccccc2)nc1)c1ccc2c(c1)OCCO2. The zero-order valence-corrected chi connectivity index (χ0v) is 15.0. The molecule has 0 atom stereocenters. The Kier molecular flexibility index (Phi) is 4.55. The molecule has 0 saturated heterocycles. The summed E-state index contributed by atoms with van der Waals surface area (Å²) in [6.07, 6.45) is 1.40. The number of hydrogen-bond donors (Lipinski definition) is 1. The number of fused-ring (bicyclic) bond motifs is 1. The van der Waals surface area contributed by atoms with Crippen molar-refractivity contribution in [2.45, 2.75) is 4.90 Å². The lowest BCUT2D eigenvalue weighted by Gasteiger charge is -2.19. The van der Waals surface area contributed by atoms with Crippen LogP contribution in [0.3, 0.4) is 0 Å². The fraction of sp³-hybridized carbons (Fsp3) is 0.105. The molecule has 0 radical (unpaired) electrons. The lowest BCUT2D eigenvalue weighted by molar-refractivity contribution is 0.171. The molecule has 0 amide bonds. The lowest BCUT2D eigenvalue weighted by Crippen LogP contribution is -2.17. The second kappa shape index (κ2) is 7.16. The first-order chi connectivity index (χ1) is 13.1. The molecule has 2 aromatic carbocycles. The fourth-order valence-corrected chi connectivity index (χ4v) is 3.57. The predicted octanol–water partition coefficient (Wildman–Crippen LogP) is 3.45. The molecule has 7 nitrogen and oxygen atoms in total. The minimum atomic E-state index is -3.78. The Labute approximate surface area is 156 Å². The molecule has 4 rings (SSSR count). The highest BCUT2D eigenvalue weighted by Gasteiger charge is 2.19. The van der Waals surface area contributed by atoms with Crippen LogP contribution in [-0.2, 0) is 10.0 Å². The third-order valence-corrected chi connectivity index (χ3v) is 5.16. The molecule has 0 aliphatic carbocycles. The number of rotatable bonds is 5. The van der Waals surface area contributed by atoms with Gasteiger partial charge in [-0.15, -0.1) is 0 Å². The van der Waals surface area contributed by atoms with E-state index in [-0.39, 0.29) is 4.90 Å². The van der Waals surface area contributed by atoms with E-state index >= 15 is 0 Å². The first-order valence-electron chi connectivity index (χ1n) is 8.22. The molecule has 138 valence electrons. The van der Waals surface area contributed by atoms with Crippen LogP contribution in [-0.4, -0.2) is 26.6 Å². The van der Waals surface area contributed by atoms with E-state index in [1.54, 1.807) is 30.3 Å². The third-order valence-electron chi connectivity index (χ3n) is 3.78. The first-order valence-corrected chi connectivity index (χ1v) is 9.70. The zero-order chi connectivity index (χ0) is 18.7. The number of aromatic nitrogens is 1. The Hall–Kier alpha value is -3.26. The molecular weight excluding hydrogens is 368 g/mol. The zero-order valence-electron chi connectivity index (χ0n) is 14.2. The van der Waals surface area contributed by atoms with E-state index in [0.29, 0.717) is 42.0 Å². The number of benzene rings is 2. The average molecular weight is 384 g/mol. The van der Waals surface area contributed by atoms with Crippen molar-refractivity contribution in [3.8, 4) is 23.1 Å². The van der Waals surface area contributed by atoms with Crippen molar-refractivity contribution in [2.75, 3.05) is 17.9 Å². The molecule has 0 fully saturated rings. The van der Waals surface area contributed by atoms with Gasteiger partial charge >= 0.3 is 0 Å². The van der Waals surface area contributed by atoms with Gasteiger partial charge in [0.25, 0.3) is 10.0 Å². The van der Waals surface area contributed by atoms with Crippen LogP contribution >= 0.6 is 0 Å². The first kappa shape index (κ1) is 17.2. The van der Waals surface area contributed by atoms with E-state index in [4.69, 9.17) is 14.2 Å². The van der Waals surface area contributed by atoms with Crippen LogP contribution in [0.15, 0.2) is 71.8 Å². The summed E-state index contributed by atoms with van der Waals surface area (Å²) in [6, 6.07) is 16.9. The van der Waals surface area contributed by atoms with Gasteiger partial charge in [-0.3, -0.25) is 4.72 Å². The summed E-state index contributed by atoms with van der Waals surface area (Å²) in [7, 11) is -3.78. The van der Waals surface area contributed by atoms with E-state index in [1.165, 1.54) is 18.3 Å². The number of sulfonamides is 1. The molecule has 8 heteroatoms. The Bertz CT molecular complexity index is 1040. The van der Waals surface area contributed by atoms with Gasteiger partial charge in [0.1, 0.15) is 19.0 Å². The maximum absolute atomic E-state index is 12.6. The van der Waals surface area contributed by atoms with Gasteiger partial charge in [0, 0.05) is 12.1 Å². The topological polar surface area (TPSA) is 86.8 Å². The van der Waals surface area contributed by atoms with Crippen LogP contribution in [0.5, 0.6) is 23.1 Å². The summed E-state index contributed by atoms with van der Waals surface area (Å²) in [5.41, 5.74) is 0.324. The molecule has 27 heavy (non-hydrogen) atoms. The van der Waals surface area contributed by atoms with Gasteiger partial charge in [-0.25, -0.2) is 13.4 Å². The van der Waals surface area contributed by atoms with Crippen LogP contribution in [0, 0.1) is 0 Å². The van der Waals surface area contributed by atoms with Crippen LogP contribution in [0.4, 0.5) is 5.69 Å². The minimum Gasteiger partial charge on any atom is -0.486 e.